The number of hydrogen-bond acceptors (Lipinski definition) is 0. The predicted molar refractivity (Wildman–Crippen MR) is 109 cm³/mol. The normalized spacial score (nSPS) is 35.8. The van der Waals surface area contributed by atoms with Gasteiger partial charge < -0.3 is 0 Å². The predicted octanol–water partition coefficient (Wildman–Crippen LogP) is 7.82. The third-order valence-corrected chi connectivity index (χ3v) is 14.4. The maximum absolute atomic E-state index is 2.61. The minimum Gasteiger partial charge on any atom is -0.0794 e. The van der Waals surface area contributed by atoms with E-state index in [0.717, 1.165) is 22.6 Å². The van der Waals surface area contributed by atoms with E-state index in [2.05, 4.69) is 39.8 Å². The third kappa shape index (κ3) is 3.37. The van der Waals surface area contributed by atoms with Crippen LogP contribution in [0.4, 0.5) is 0 Å². The average Bonchev–Trinajstić information content (AvgIpc) is 3.29. The van der Waals surface area contributed by atoms with Crippen molar-refractivity contribution in [2.45, 2.75) is 108 Å². The maximum atomic E-state index is 2.61. The van der Waals surface area contributed by atoms with Crippen molar-refractivity contribution in [1.82, 2.24) is 0 Å². The first kappa shape index (κ1) is 18.1. The summed E-state index contributed by atoms with van der Waals surface area (Å²) in [7, 11) is 0.289. The van der Waals surface area contributed by atoms with E-state index in [1.165, 1.54) is 57.8 Å². The van der Waals surface area contributed by atoms with Crippen molar-refractivity contribution in [3.63, 3.8) is 0 Å². The molecule has 3 aliphatic rings. The van der Waals surface area contributed by atoms with Gasteiger partial charge >= 0.3 is 0 Å². The average molecular weight is 350 g/mol. The molecule has 0 nitrogen and oxygen atoms in total. The lowest BCUT2D eigenvalue weighted by molar-refractivity contribution is 0.696. The highest BCUT2D eigenvalue weighted by Crippen LogP contribution is 2.72. The monoisotopic (exact) mass is 350 g/mol. The van der Waals surface area contributed by atoms with Crippen LogP contribution in [0.5, 0.6) is 0 Å². The van der Waals surface area contributed by atoms with Gasteiger partial charge in [0.25, 0.3) is 0 Å². The maximum Gasteiger partial charge on any atom is -0.00831 e. The van der Waals surface area contributed by atoms with Crippen LogP contribution in [0.2, 0.25) is 0 Å². The molecule has 0 radical (unpaired) electrons. The van der Waals surface area contributed by atoms with Crippen LogP contribution in [-0.4, -0.2) is 22.6 Å². The van der Waals surface area contributed by atoms with Crippen LogP contribution >= 0.6 is 15.8 Å². The van der Waals surface area contributed by atoms with Crippen LogP contribution in [0.1, 0.15) is 85.5 Å². The number of hydrogen-bond donors (Lipinski definition) is 0. The Morgan fingerprint density at radius 2 is 1.17 bits per heavy atom. The lowest BCUT2D eigenvalue weighted by Crippen LogP contribution is -2.08. The number of rotatable bonds is 6. The van der Waals surface area contributed by atoms with Crippen molar-refractivity contribution >= 4 is 15.8 Å². The Morgan fingerprint density at radius 3 is 1.61 bits per heavy atom. The Hall–Kier alpha value is 0.340. The smallest absolute Gasteiger partial charge is 0.00831 e. The van der Waals surface area contributed by atoms with Gasteiger partial charge in [0.05, 0.1) is 0 Å². The molecule has 0 unspecified atom stereocenters. The molecule has 0 saturated carbocycles. The highest BCUT2D eigenvalue weighted by molar-refractivity contribution is 7.68. The Morgan fingerprint density at radius 1 is 0.739 bits per heavy atom. The molecular formula is C21H36P2. The van der Waals surface area contributed by atoms with Crippen molar-refractivity contribution in [1.29, 1.82) is 0 Å². The quantitative estimate of drug-likeness (QED) is 0.428. The van der Waals surface area contributed by atoms with Gasteiger partial charge in [-0.25, -0.2) is 0 Å². The Kier molecular flexibility index (Phi) is 6.42. The fraction of sp³-hybridized carbons (Fsp3) is 0.810. The van der Waals surface area contributed by atoms with Gasteiger partial charge in [-0.2, -0.15) is 0 Å². The molecule has 2 heteroatoms. The Balaban J connectivity index is 1.94. The summed E-state index contributed by atoms with van der Waals surface area (Å²) in [5.41, 5.74) is 4.14. The topological polar surface area (TPSA) is 0 Å². The van der Waals surface area contributed by atoms with Gasteiger partial charge in [0.2, 0.25) is 0 Å². The Bertz CT molecular complexity index is 440. The first-order valence-electron chi connectivity index (χ1n) is 10.2. The van der Waals surface area contributed by atoms with E-state index >= 15 is 0 Å². The summed E-state index contributed by atoms with van der Waals surface area (Å²) in [6, 6.07) is 0. The molecule has 0 aromatic heterocycles. The lowest BCUT2D eigenvalue weighted by Gasteiger charge is -2.32. The van der Waals surface area contributed by atoms with E-state index in [0.29, 0.717) is 0 Å². The van der Waals surface area contributed by atoms with E-state index in [1.807, 2.05) is 10.6 Å². The van der Waals surface area contributed by atoms with Crippen molar-refractivity contribution in [2.24, 2.45) is 0 Å². The van der Waals surface area contributed by atoms with E-state index in [4.69, 9.17) is 0 Å². The van der Waals surface area contributed by atoms with Crippen molar-refractivity contribution in [3.05, 3.63) is 22.8 Å². The molecule has 0 aromatic carbocycles. The van der Waals surface area contributed by atoms with E-state index in [1.54, 1.807) is 0 Å². The summed E-state index contributed by atoms with van der Waals surface area (Å²) in [5.74, 6) is 0. The third-order valence-electron chi connectivity index (χ3n) is 6.60. The summed E-state index contributed by atoms with van der Waals surface area (Å²) in [4.78, 5) is 0. The summed E-state index contributed by atoms with van der Waals surface area (Å²) in [5, 5.41) is 3.90. The van der Waals surface area contributed by atoms with E-state index in [9.17, 15) is 0 Å². The van der Waals surface area contributed by atoms with E-state index < -0.39 is 0 Å². The molecule has 0 N–H and O–H groups in total. The first-order valence-corrected chi connectivity index (χ1v) is 13.2. The molecule has 0 amide bonds. The number of allylic oxidation sites excluding steroid dienone is 4. The molecular weight excluding hydrogens is 314 g/mol. The summed E-state index contributed by atoms with van der Waals surface area (Å²) < 4.78 is 0. The van der Waals surface area contributed by atoms with Crippen LogP contribution in [0.15, 0.2) is 22.8 Å². The molecule has 3 rings (SSSR count). The van der Waals surface area contributed by atoms with Gasteiger partial charge in [0.1, 0.15) is 0 Å². The zero-order valence-electron chi connectivity index (χ0n) is 15.7. The van der Waals surface area contributed by atoms with Gasteiger partial charge in [-0.05, 0) is 91.1 Å². The first-order chi connectivity index (χ1) is 11.2. The van der Waals surface area contributed by atoms with Crippen LogP contribution in [0, 0.1) is 0 Å². The van der Waals surface area contributed by atoms with Crippen LogP contribution in [0.3, 0.4) is 0 Å². The van der Waals surface area contributed by atoms with Gasteiger partial charge in [0.15, 0.2) is 0 Å². The van der Waals surface area contributed by atoms with E-state index in [-0.39, 0.29) is 15.8 Å². The molecule has 23 heavy (non-hydrogen) atoms. The second-order valence-electron chi connectivity index (χ2n) is 7.66. The van der Waals surface area contributed by atoms with Gasteiger partial charge in [-0.3, -0.25) is 0 Å². The lowest BCUT2D eigenvalue weighted by atomic mass is 10.1. The van der Waals surface area contributed by atoms with Crippen molar-refractivity contribution in [3.8, 4) is 0 Å². The molecule has 2 fully saturated rings. The Labute approximate surface area is 147 Å². The minimum absolute atomic E-state index is 0.132. The van der Waals surface area contributed by atoms with Crippen molar-refractivity contribution in [2.75, 3.05) is 0 Å². The van der Waals surface area contributed by atoms with Crippen LogP contribution in [-0.2, 0) is 0 Å². The molecule has 130 valence electrons. The minimum atomic E-state index is 0.132. The van der Waals surface area contributed by atoms with Crippen molar-refractivity contribution < 1.29 is 0 Å². The standard InChI is InChI=1S/C21H36P2/c1-5-16-12-13-17(6-2)22(16)20-10-9-11-21(20)23-18(7-3)14-15-19(23)8-4/h9-10,16-19H,5-8,11-15H2,1-4H3/t16-,17-,18-,19-/m0/s1. The molecule has 4 atom stereocenters. The molecule has 2 saturated heterocycles. The largest absolute Gasteiger partial charge is 0.0794 e. The van der Waals surface area contributed by atoms with Crippen LogP contribution in [0.25, 0.3) is 0 Å². The SMILES string of the molecule is CC[C@H]1CC[C@H](CC)P1C1=C(P2[C@@H](CC)CC[C@@H]2CC)CC=C1. The van der Waals surface area contributed by atoms with Crippen LogP contribution < -0.4 is 0 Å². The fourth-order valence-electron chi connectivity index (χ4n) is 5.32. The van der Waals surface area contributed by atoms with Gasteiger partial charge in [0, 0.05) is 0 Å². The highest BCUT2D eigenvalue weighted by Gasteiger charge is 2.41. The molecule has 0 spiro atoms. The molecule has 2 aliphatic heterocycles. The zero-order valence-corrected chi connectivity index (χ0v) is 17.5. The summed E-state index contributed by atoms with van der Waals surface area (Å²) in [6.45, 7) is 9.79. The molecule has 0 bridgehead atoms. The molecule has 1 aliphatic carbocycles. The van der Waals surface area contributed by atoms with Gasteiger partial charge in [-0.1, -0.05) is 55.7 Å². The second kappa shape index (κ2) is 8.15. The van der Waals surface area contributed by atoms with Gasteiger partial charge in [-0.15, -0.1) is 0 Å². The summed E-state index contributed by atoms with van der Waals surface area (Å²) in [6.07, 6.45) is 18.2. The zero-order chi connectivity index (χ0) is 16.4. The highest BCUT2D eigenvalue weighted by atomic mass is 31.1. The summed E-state index contributed by atoms with van der Waals surface area (Å²) >= 11 is 0. The molecule has 2 heterocycles. The second-order valence-corrected chi connectivity index (χ2v) is 13.2. The fourth-order valence-corrected chi connectivity index (χ4v) is 13.5. The molecule has 0 aromatic rings.